The Bertz CT molecular complexity index is 1100. The van der Waals surface area contributed by atoms with E-state index in [1.165, 1.54) is 17.4 Å². The van der Waals surface area contributed by atoms with Crippen molar-refractivity contribution in [1.29, 1.82) is 0 Å². The fourth-order valence-corrected chi connectivity index (χ4v) is 3.81. The second-order valence-electron chi connectivity index (χ2n) is 5.62. The van der Waals surface area contributed by atoms with Crippen LogP contribution in [0, 0.1) is 5.82 Å². The largest absolute Gasteiger partial charge is 0.391 e. The van der Waals surface area contributed by atoms with E-state index in [1.54, 1.807) is 18.3 Å². The van der Waals surface area contributed by atoms with Crippen molar-refractivity contribution in [3.63, 3.8) is 0 Å². The van der Waals surface area contributed by atoms with Crippen LogP contribution in [0.3, 0.4) is 0 Å². The number of fused-ring (bicyclic) bond motifs is 1. The molecule has 0 bridgehead atoms. The van der Waals surface area contributed by atoms with Crippen molar-refractivity contribution in [2.75, 3.05) is 0 Å². The molecule has 2 aromatic heterocycles. The molecule has 0 fully saturated rings. The van der Waals surface area contributed by atoms with Gasteiger partial charge in [0.2, 0.25) is 0 Å². The minimum atomic E-state index is -0.419. The van der Waals surface area contributed by atoms with Crippen molar-refractivity contribution in [2.24, 2.45) is 5.16 Å². The van der Waals surface area contributed by atoms with E-state index in [0.717, 1.165) is 26.4 Å². The number of hydrogen-bond donors (Lipinski definition) is 0. The summed E-state index contributed by atoms with van der Waals surface area (Å²) < 4.78 is 16.7. The van der Waals surface area contributed by atoms with E-state index in [-0.39, 0.29) is 12.2 Å². The highest BCUT2D eigenvalue weighted by Crippen LogP contribution is 2.27. The summed E-state index contributed by atoms with van der Waals surface area (Å²) in [6.07, 6.45) is 3.50. The van der Waals surface area contributed by atoms with E-state index in [0.29, 0.717) is 5.02 Å². The summed E-state index contributed by atoms with van der Waals surface area (Å²) in [6.45, 7) is -0.0544. The number of halogens is 3. The molecular formula is C19H12BrClFN3OS. The minimum absolute atomic E-state index is 0.0544. The Labute approximate surface area is 172 Å². The second-order valence-corrected chi connectivity index (χ2v) is 7.81. The van der Waals surface area contributed by atoms with Gasteiger partial charge in [-0.1, -0.05) is 50.9 Å². The summed E-state index contributed by atoms with van der Waals surface area (Å²) in [5.74, 6) is -0.419. The molecule has 27 heavy (non-hydrogen) atoms. The van der Waals surface area contributed by atoms with Crippen molar-refractivity contribution in [3.05, 3.63) is 80.6 Å². The van der Waals surface area contributed by atoms with Crippen LogP contribution in [0.2, 0.25) is 5.02 Å². The fraction of sp³-hybridized carbons (Fsp3) is 0.0526. The molecule has 0 amide bonds. The maximum absolute atomic E-state index is 13.8. The zero-order valence-corrected chi connectivity index (χ0v) is 16.9. The van der Waals surface area contributed by atoms with Crippen LogP contribution in [-0.2, 0) is 11.4 Å². The molecule has 8 heteroatoms. The Balaban J connectivity index is 1.61. The molecule has 0 N–H and O–H groups in total. The van der Waals surface area contributed by atoms with E-state index in [1.807, 2.05) is 40.2 Å². The smallest absolute Gasteiger partial charge is 0.194 e. The van der Waals surface area contributed by atoms with Crippen LogP contribution in [0.15, 0.2) is 63.7 Å². The Hall–Kier alpha value is -2.22. The molecule has 0 unspecified atom stereocenters. The van der Waals surface area contributed by atoms with Gasteiger partial charge in [-0.25, -0.2) is 9.37 Å². The summed E-state index contributed by atoms with van der Waals surface area (Å²) in [7, 11) is 0. The molecule has 0 spiro atoms. The van der Waals surface area contributed by atoms with Crippen LogP contribution in [0.25, 0.3) is 16.2 Å². The van der Waals surface area contributed by atoms with Crippen LogP contribution in [0.5, 0.6) is 0 Å². The molecule has 136 valence electrons. The monoisotopic (exact) mass is 463 g/mol. The highest BCUT2D eigenvalue weighted by atomic mass is 79.9. The normalized spacial score (nSPS) is 11.5. The number of hydrogen-bond acceptors (Lipinski definition) is 4. The molecule has 2 heterocycles. The Morgan fingerprint density at radius 2 is 2.07 bits per heavy atom. The topological polar surface area (TPSA) is 38.9 Å². The summed E-state index contributed by atoms with van der Waals surface area (Å²) in [5.41, 5.74) is 2.82. The van der Waals surface area contributed by atoms with E-state index in [2.05, 4.69) is 26.1 Å². The Morgan fingerprint density at radius 1 is 1.26 bits per heavy atom. The molecule has 4 nitrogen and oxygen atoms in total. The van der Waals surface area contributed by atoms with Crippen LogP contribution in [0.1, 0.15) is 11.3 Å². The average molecular weight is 465 g/mol. The Morgan fingerprint density at radius 3 is 2.85 bits per heavy atom. The number of aromatic nitrogens is 2. The molecule has 0 atom stereocenters. The molecule has 4 aromatic rings. The van der Waals surface area contributed by atoms with Crippen LogP contribution < -0.4 is 0 Å². The first-order valence-corrected chi connectivity index (χ1v) is 9.98. The molecular weight excluding hydrogens is 453 g/mol. The van der Waals surface area contributed by atoms with Gasteiger partial charge in [0, 0.05) is 27.2 Å². The third-order valence-corrected chi connectivity index (χ3v) is 5.58. The van der Waals surface area contributed by atoms with Gasteiger partial charge in [-0.2, -0.15) is 0 Å². The first-order valence-electron chi connectivity index (χ1n) is 7.93. The molecule has 4 rings (SSSR count). The summed E-state index contributed by atoms with van der Waals surface area (Å²) >= 11 is 11.0. The fourth-order valence-electron chi connectivity index (χ4n) is 2.61. The van der Waals surface area contributed by atoms with Crippen molar-refractivity contribution in [2.45, 2.75) is 6.61 Å². The van der Waals surface area contributed by atoms with E-state index >= 15 is 0 Å². The maximum Gasteiger partial charge on any atom is 0.194 e. The number of nitrogens with zero attached hydrogens (tertiary/aromatic N) is 3. The summed E-state index contributed by atoms with van der Waals surface area (Å²) in [5, 5.41) is 6.27. The highest BCUT2D eigenvalue weighted by molar-refractivity contribution is 9.10. The van der Waals surface area contributed by atoms with E-state index in [9.17, 15) is 4.39 Å². The molecule has 0 radical (unpaired) electrons. The number of oxime groups is 1. The molecule has 0 aliphatic rings. The van der Waals surface area contributed by atoms with Crippen LogP contribution >= 0.6 is 38.9 Å². The van der Waals surface area contributed by atoms with Gasteiger partial charge in [-0.3, -0.25) is 4.40 Å². The van der Waals surface area contributed by atoms with E-state index in [4.69, 9.17) is 16.4 Å². The highest BCUT2D eigenvalue weighted by Gasteiger charge is 2.14. The number of benzene rings is 2. The van der Waals surface area contributed by atoms with Crippen LogP contribution in [0.4, 0.5) is 4.39 Å². The Kier molecular flexibility index (Phi) is 5.24. The average Bonchev–Trinajstić information content (AvgIpc) is 3.23. The lowest BCUT2D eigenvalue weighted by molar-refractivity contribution is 0.129. The molecule has 0 aliphatic carbocycles. The van der Waals surface area contributed by atoms with Gasteiger partial charge < -0.3 is 4.84 Å². The zero-order chi connectivity index (χ0) is 18.8. The number of imidazole rings is 1. The molecule has 0 saturated heterocycles. The van der Waals surface area contributed by atoms with Gasteiger partial charge in [-0.05, 0) is 24.3 Å². The van der Waals surface area contributed by atoms with Crippen molar-refractivity contribution < 1.29 is 9.23 Å². The van der Waals surface area contributed by atoms with Crippen molar-refractivity contribution in [3.8, 4) is 11.3 Å². The van der Waals surface area contributed by atoms with Crippen molar-refractivity contribution >= 4 is 50.0 Å². The third kappa shape index (κ3) is 3.76. The molecule has 0 aliphatic heterocycles. The third-order valence-electron chi connectivity index (χ3n) is 3.94. The molecule has 2 aromatic carbocycles. The van der Waals surface area contributed by atoms with E-state index < -0.39 is 5.82 Å². The number of rotatable bonds is 5. The van der Waals surface area contributed by atoms with Crippen molar-refractivity contribution in [1.82, 2.24) is 9.38 Å². The lowest BCUT2D eigenvalue weighted by Gasteiger charge is -2.04. The van der Waals surface area contributed by atoms with Gasteiger partial charge in [0.05, 0.1) is 22.6 Å². The predicted octanol–water partition coefficient (Wildman–Crippen LogP) is 6.17. The first kappa shape index (κ1) is 18.2. The molecule has 0 saturated carbocycles. The van der Waals surface area contributed by atoms with Gasteiger partial charge in [0.1, 0.15) is 12.4 Å². The summed E-state index contributed by atoms with van der Waals surface area (Å²) in [6, 6.07) is 12.4. The zero-order valence-electron chi connectivity index (χ0n) is 13.8. The summed E-state index contributed by atoms with van der Waals surface area (Å²) in [4.78, 5) is 10.8. The lowest BCUT2D eigenvalue weighted by atomic mass is 10.1. The van der Waals surface area contributed by atoms with Gasteiger partial charge >= 0.3 is 0 Å². The maximum atomic E-state index is 13.8. The van der Waals surface area contributed by atoms with Gasteiger partial charge in [0.25, 0.3) is 0 Å². The second kappa shape index (κ2) is 7.80. The standard InChI is InChI=1S/C19H12BrClFN3OS/c20-13-6-4-12(5-7-13)18-17(25-8-9-27-19(25)24-18)10-23-26-11-14-15(21)2-1-3-16(14)22/h1-10H,11H2. The minimum Gasteiger partial charge on any atom is -0.391 e. The van der Waals surface area contributed by atoms with Crippen LogP contribution in [-0.4, -0.2) is 15.6 Å². The number of thiazole rings is 1. The predicted molar refractivity (Wildman–Crippen MR) is 110 cm³/mol. The first-order chi connectivity index (χ1) is 13.1. The van der Waals surface area contributed by atoms with Gasteiger partial charge in [-0.15, -0.1) is 11.3 Å². The quantitative estimate of drug-likeness (QED) is 0.262. The SMILES string of the molecule is Fc1cccc(Cl)c1CON=Cc1c(-c2ccc(Br)cc2)nc2sccn12. The lowest BCUT2D eigenvalue weighted by Crippen LogP contribution is -1.96. The van der Waals surface area contributed by atoms with Gasteiger partial charge in [0.15, 0.2) is 4.96 Å².